The van der Waals surface area contributed by atoms with Crippen molar-refractivity contribution in [3.05, 3.63) is 0 Å². The molecule has 1 atom stereocenters. The second kappa shape index (κ2) is 7.61. The van der Waals surface area contributed by atoms with Crippen LogP contribution in [-0.2, 0) is 0 Å². The molecule has 1 heterocycles. The van der Waals surface area contributed by atoms with Crippen LogP contribution in [0.25, 0.3) is 0 Å². The summed E-state index contributed by atoms with van der Waals surface area (Å²) < 4.78 is 0. The first-order valence-electron chi connectivity index (χ1n) is 8.39. The van der Waals surface area contributed by atoms with Gasteiger partial charge in [0.1, 0.15) is 0 Å². The highest BCUT2D eigenvalue weighted by Gasteiger charge is 2.32. The molecule has 19 heavy (non-hydrogen) atoms. The van der Waals surface area contributed by atoms with Crippen LogP contribution >= 0.6 is 0 Å². The summed E-state index contributed by atoms with van der Waals surface area (Å²) >= 11 is 0. The van der Waals surface area contributed by atoms with Crippen LogP contribution in [0.5, 0.6) is 0 Å². The summed E-state index contributed by atoms with van der Waals surface area (Å²) in [6.07, 6.45) is 5.55. The molecule has 2 rings (SSSR count). The van der Waals surface area contributed by atoms with Crippen molar-refractivity contribution in [1.29, 1.82) is 0 Å². The molecular formula is C16H33N3. The molecule has 112 valence electrons. The molecule has 1 saturated carbocycles. The van der Waals surface area contributed by atoms with Crippen LogP contribution in [-0.4, -0.2) is 61.2 Å². The summed E-state index contributed by atoms with van der Waals surface area (Å²) in [5.74, 6) is 0.758. The Morgan fingerprint density at radius 1 is 1.05 bits per heavy atom. The van der Waals surface area contributed by atoms with Crippen LogP contribution in [0.1, 0.15) is 46.5 Å². The predicted octanol–water partition coefficient (Wildman–Crippen LogP) is 2.18. The van der Waals surface area contributed by atoms with Crippen LogP contribution in [0.4, 0.5) is 0 Å². The molecule has 0 aromatic heterocycles. The van der Waals surface area contributed by atoms with E-state index in [-0.39, 0.29) is 0 Å². The average molecular weight is 267 g/mol. The van der Waals surface area contributed by atoms with E-state index in [4.69, 9.17) is 0 Å². The highest BCUT2D eigenvalue weighted by molar-refractivity contribution is 4.89. The van der Waals surface area contributed by atoms with Crippen molar-refractivity contribution in [3.8, 4) is 0 Å². The Morgan fingerprint density at radius 2 is 1.74 bits per heavy atom. The third kappa shape index (κ3) is 5.05. The summed E-state index contributed by atoms with van der Waals surface area (Å²) in [5, 5.41) is 3.66. The van der Waals surface area contributed by atoms with E-state index in [1.807, 2.05) is 0 Å². The zero-order chi connectivity index (χ0) is 13.7. The van der Waals surface area contributed by atoms with Gasteiger partial charge >= 0.3 is 0 Å². The minimum Gasteiger partial charge on any atom is -0.315 e. The van der Waals surface area contributed by atoms with Crippen LogP contribution in [0.15, 0.2) is 0 Å². The summed E-state index contributed by atoms with van der Waals surface area (Å²) in [5.41, 5.74) is 0. The molecule has 1 aliphatic heterocycles. The molecule has 0 aromatic carbocycles. The van der Waals surface area contributed by atoms with E-state index in [1.54, 1.807) is 0 Å². The fraction of sp³-hybridized carbons (Fsp3) is 1.00. The quantitative estimate of drug-likeness (QED) is 0.727. The Bertz CT molecular complexity index is 242. The Morgan fingerprint density at radius 3 is 2.26 bits per heavy atom. The fourth-order valence-electron chi connectivity index (χ4n) is 3.19. The number of hydrogen-bond donors (Lipinski definition) is 1. The van der Waals surface area contributed by atoms with Gasteiger partial charge in [0.05, 0.1) is 0 Å². The lowest BCUT2D eigenvalue weighted by molar-refractivity contribution is 0.0864. The van der Waals surface area contributed by atoms with Gasteiger partial charge < -0.3 is 5.32 Å². The van der Waals surface area contributed by atoms with Gasteiger partial charge in [-0.2, -0.15) is 0 Å². The van der Waals surface area contributed by atoms with Crippen LogP contribution in [0.3, 0.4) is 0 Å². The van der Waals surface area contributed by atoms with Crippen molar-refractivity contribution in [3.63, 3.8) is 0 Å². The van der Waals surface area contributed by atoms with Gasteiger partial charge in [0, 0.05) is 44.8 Å². The molecule has 0 radical (unpaired) electrons. The van der Waals surface area contributed by atoms with Crippen molar-refractivity contribution in [2.75, 3.05) is 39.3 Å². The zero-order valence-corrected chi connectivity index (χ0v) is 13.2. The lowest BCUT2D eigenvalue weighted by atomic mass is 10.1. The number of nitrogens with zero attached hydrogens (tertiary/aromatic N) is 2. The molecule has 0 spiro atoms. The van der Waals surface area contributed by atoms with Gasteiger partial charge in [-0.15, -0.1) is 0 Å². The topological polar surface area (TPSA) is 18.5 Å². The highest BCUT2D eigenvalue weighted by Crippen LogP contribution is 2.27. The normalized spacial score (nSPS) is 24.0. The van der Waals surface area contributed by atoms with Crippen molar-refractivity contribution < 1.29 is 0 Å². The Labute approximate surface area is 119 Å². The minimum absolute atomic E-state index is 0.755. The lowest BCUT2D eigenvalue weighted by Crippen LogP contribution is -2.53. The van der Waals surface area contributed by atoms with Crippen molar-refractivity contribution in [2.24, 2.45) is 5.92 Å². The molecule has 3 nitrogen and oxygen atoms in total. The third-order valence-corrected chi connectivity index (χ3v) is 4.48. The smallest absolute Gasteiger partial charge is 0.0221 e. The zero-order valence-electron chi connectivity index (χ0n) is 13.2. The number of piperazine rings is 1. The van der Waals surface area contributed by atoms with Crippen molar-refractivity contribution >= 4 is 0 Å². The first kappa shape index (κ1) is 15.3. The van der Waals surface area contributed by atoms with Gasteiger partial charge in [-0.05, 0) is 31.7 Å². The van der Waals surface area contributed by atoms with Gasteiger partial charge in [-0.1, -0.05) is 27.2 Å². The van der Waals surface area contributed by atoms with E-state index in [0.29, 0.717) is 0 Å². The molecule has 1 N–H and O–H groups in total. The van der Waals surface area contributed by atoms with E-state index in [0.717, 1.165) is 24.5 Å². The standard InChI is InChI=1S/C16H33N3/c1-4-5-16(13-17-12-14(2)3)19-10-8-18(9-11-19)15-6-7-15/h14-17H,4-13H2,1-3H3. The van der Waals surface area contributed by atoms with E-state index >= 15 is 0 Å². The van der Waals surface area contributed by atoms with Crippen LogP contribution < -0.4 is 5.32 Å². The summed E-state index contributed by atoms with van der Waals surface area (Å²) in [6, 6.07) is 1.70. The van der Waals surface area contributed by atoms with E-state index < -0.39 is 0 Å². The van der Waals surface area contributed by atoms with Crippen molar-refractivity contribution in [1.82, 2.24) is 15.1 Å². The summed E-state index contributed by atoms with van der Waals surface area (Å²) in [6.45, 7) is 14.4. The maximum absolute atomic E-state index is 3.66. The Kier molecular flexibility index (Phi) is 6.11. The van der Waals surface area contributed by atoms with E-state index in [1.165, 1.54) is 58.4 Å². The van der Waals surface area contributed by atoms with Crippen LogP contribution in [0.2, 0.25) is 0 Å². The molecule has 1 aliphatic carbocycles. The molecular weight excluding hydrogens is 234 g/mol. The first-order valence-corrected chi connectivity index (χ1v) is 8.39. The van der Waals surface area contributed by atoms with Gasteiger partial charge in [0.15, 0.2) is 0 Å². The maximum atomic E-state index is 3.66. The predicted molar refractivity (Wildman–Crippen MR) is 82.6 cm³/mol. The molecule has 0 bridgehead atoms. The van der Waals surface area contributed by atoms with Gasteiger partial charge in [0.25, 0.3) is 0 Å². The molecule has 3 heteroatoms. The molecule has 1 unspecified atom stereocenters. The first-order chi connectivity index (χ1) is 9.20. The Balaban J connectivity index is 1.71. The number of rotatable bonds is 8. The SMILES string of the molecule is CCCC(CNCC(C)C)N1CCN(C2CC2)CC1. The second-order valence-electron chi connectivity index (χ2n) is 6.80. The summed E-state index contributed by atoms with van der Waals surface area (Å²) in [4.78, 5) is 5.44. The maximum Gasteiger partial charge on any atom is 0.0221 e. The van der Waals surface area contributed by atoms with Crippen LogP contribution in [0, 0.1) is 5.92 Å². The number of hydrogen-bond acceptors (Lipinski definition) is 3. The van der Waals surface area contributed by atoms with Gasteiger partial charge in [0.2, 0.25) is 0 Å². The lowest BCUT2D eigenvalue weighted by Gasteiger charge is -2.39. The molecule has 2 fully saturated rings. The van der Waals surface area contributed by atoms with Gasteiger partial charge in [-0.3, -0.25) is 9.80 Å². The summed E-state index contributed by atoms with van der Waals surface area (Å²) in [7, 11) is 0. The average Bonchev–Trinajstić information content (AvgIpc) is 3.22. The van der Waals surface area contributed by atoms with Gasteiger partial charge in [-0.25, -0.2) is 0 Å². The molecule has 0 amide bonds. The Hall–Kier alpha value is -0.120. The fourth-order valence-corrected chi connectivity index (χ4v) is 3.19. The molecule has 2 aliphatic rings. The monoisotopic (exact) mass is 267 g/mol. The highest BCUT2D eigenvalue weighted by atomic mass is 15.3. The largest absolute Gasteiger partial charge is 0.315 e. The molecule has 1 saturated heterocycles. The van der Waals surface area contributed by atoms with E-state index in [2.05, 4.69) is 35.9 Å². The van der Waals surface area contributed by atoms with E-state index in [9.17, 15) is 0 Å². The van der Waals surface area contributed by atoms with Crippen molar-refractivity contribution in [2.45, 2.75) is 58.5 Å². The molecule has 0 aromatic rings. The third-order valence-electron chi connectivity index (χ3n) is 4.48. The minimum atomic E-state index is 0.755. The second-order valence-corrected chi connectivity index (χ2v) is 6.80. The number of nitrogens with one attached hydrogen (secondary N) is 1.